The first-order valence-corrected chi connectivity index (χ1v) is 12.5. The van der Waals surface area contributed by atoms with Gasteiger partial charge in [0.05, 0.1) is 19.8 Å². The van der Waals surface area contributed by atoms with Gasteiger partial charge in [-0.3, -0.25) is 4.79 Å². The molecule has 0 aliphatic carbocycles. The minimum atomic E-state index is -1.44. The molecule has 9 heteroatoms. The minimum Gasteiger partial charge on any atom is -0.496 e. The standard InChI is InChI=1S/C31H30F2N2O5/c1-35(2)17-19-14-15-26(39-3)27(29(19)40-4)22-11-6-9-20-18(8-5-10-21(20)22)16-25(31(37)38)34-30(36)28-23(32)12-7-13-24(28)33/h5-15,25H,16-17H2,1-4H3,(H,34,36)(H,37,38)/t25-/m0/s1. The van der Waals surface area contributed by atoms with Crippen LogP contribution < -0.4 is 14.8 Å². The van der Waals surface area contributed by atoms with Crippen LogP contribution in [0.25, 0.3) is 21.9 Å². The number of methoxy groups -OCH3 is 2. The van der Waals surface area contributed by atoms with E-state index in [-0.39, 0.29) is 6.42 Å². The molecule has 0 saturated carbocycles. The molecule has 0 aliphatic heterocycles. The second kappa shape index (κ2) is 12.1. The zero-order valence-electron chi connectivity index (χ0n) is 22.6. The maximum Gasteiger partial charge on any atom is 0.326 e. The van der Waals surface area contributed by atoms with Crippen LogP contribution in [0.2, 0.25) is 0 Å². The predicted molar refractivity (Wildman–Crippen MR) is 149 cm³/mol. The summed E-state index contributed by atoms with van der Waals surface area (Å²) >= 11 is 0. The van der Waals surface area contributed by atoms with Crippen LogP contribution in [0, 0.1) is 11.6 Å². The highest BCUT2D eigenvalue weighted by Crippen LogP contribution is 2.44. The molecule has 2 N–H and O–H groups in total. The number of nitrogens with zero attached hydrogens (tertiary/aromatic N) is 1. The molecule has 0 saturated heterocycles. The molecule has 4 aromatic carbocycles. The van der Waals surface area contributed by atoms with Gasteiger partial charge in [0.25, 0.3) is 5.91 Å². The molecule has 1 atom stereocenters. The van der Waals surface area contributed by atoms with E-state index in [0.717, 1.165) is 45.7 Å². The number of carbonyl (C=O) groups is 2. The third-order valence-corrected chi connectivity index (χ3v) is 6.61. The van der Waals surface area contributed by atoms with Crippen LogP contribution in [-0.4, -0.2) is 56.2 Å². The van der Waals surface area contributed by atoms with Crippen LogP contribution in [0.3, 0.4) is 0 Å². The molecule has 40 heavy (non-hydrogen) atoms. The number of fused-ring (bicyclic) bond motifs is 1. The first-order chi connectivity index (χ1) is 19.2. The molecule has 0 spiro atoms. The van der Waals surface area contributed by atoms with Crippen LogP contribution in [0.1, 0.15) is 21.5 Å². The van der Waals surface area contributed by atoms with Crippen LogP contribution in [0.15, 0.2) is 66.7 Å². The molecule has 0 fully saturated rings. The Morgan fingerprint density at radius 1 is 0.875 bits per heavy atom. The average Bonchev–Trinajstić information content (AvgIpc) is 2.91. The number of aliphatic carboxylic acids is 1. The Labute approximate surface area is 230 Å². The minimum absolute atomic E-state index is 0.118. The Morgan fingerprint density at radius 2 is 1.52 bits per heavy atom. The number of rotatable bonds is 10. The van der Waals surface area contributed by atoms with Gasteiger partial charge in [-0.15, -0.1) is 0 Å². The second-order valence-electron chi connectivity index (χ2n) is 9.56. The van der Waals surface area contributed by atoms with E-state index in [1.807, 2.05) is 55.4 Å². The van der Waals surface area contributed by atoms with Gasteiger partial charge in [0, 0.05) is 18.5 Å². The van der Waals surface area contributed by atoms with Gasteiger partial charge in [-0.2, -0.15) is 0 Å². The number of hydrogen-bond donors (Lipinski definition) is 2. The molecule has 7 nitrogen and oxygen atoms in total. The molecule has 4 rings (SSSR count). The highest BCUT2D eigenvalue weighted by molar-refractivity contribution is 6.02. The summed E-state index contributed by atoms with van der Waals surface area (Å²) < 4.78 is 39.9. The molecule has 0 unspecified atom stereocenters. The van der Waals surface area contributed by atoms with Crippen LogP contribution >= 0.6 is 0 Å². The Bertz CT molecular complexity index is 1550. The summed E-state index contributed by atoms with van der Waals surface area (Å²) in [5, 5.41) is 13.7. The first kappa shape index (κ1) is 28.5. The molecule has 0 aromatic heterocycles. The molecule has 4 aromatic rings. The lowest BCUT2D eigenvalue weighted by atomic mass is 9.91. The number of carboxylic acids is 1. The molecule has 0 heterocycles. The van der Waals surface area contributed by atoms with E-state index in [2.05, 4.69) is 5.32 Å². The van der Waals surface area contributed by atoms with Gasteiger partial charge in [0.15, 0.2) is 0 Å². The maximum atomic E-state index is 14.1. The third-order valence-electron chi connectivity index (χ3n) is 6.61. The zero-order chi connectivity index (χ0) is 29.0. The number of carboxylic acid groups (broad SMARTS) is 1. The fraction of sp³-hybridized carbons (Fsp3) is 0.226. The number of ether oxygens (including phenoxy) is 2. The fourth-order valence-corrected chi connectivity index (χ4v) is 4.87. The maximum absolute atomic E-state index is 14.1. The number of carbonyl (C=O) groups excluding carboxylic acids is 1. The Kier molecular flexibility index (Phi) is 8.64. The number of hydrogen-bond acceptors (Lipinski definition) is 5. The van der Waals surface area contributed by atoms with Gasteiger partial charge in [0.2, 0.25) is 0 Å². The van der Waals surface area contributed by atoms with Crippen LogP contribution in [0.5, 0.6) is 11.5 Å². The SMILES string of the molecule is COc1ccc(CN(C)C)c(OC)c1-c1cccc2c(C[C@H](NC(=O)c3c(F)cccc3F)C(=O)O)cccc12. The van der Waals surface area contributed by atoms with Crippen molar-refractivity contribution in [2.24, 2.45) is 0 Å². The summed E-state index contributed by atoms with van der Waals surface area (Å²) in [5.74, 6) is -3.35. The van der Waals surface area contributed by atoms with Crippen molar-refractivity contribution in [3.8, 4) is 22.6 Å². The summed E-state index contributed by atoms with van der Waals surface area (Å²) in [7, 11) is 7.11. The highest BCUT2D eigenvalue weighted by atomic mass is 19.1. The summed E-state index contributed by atoms with van der Waals surface area (Å²) in [6, 6.07) is 16.5. The molecule has 0 radical (unpaired) electrons. The highest BCUT2D eigenvalue weighted by Gasteiger charge is 2.26. The zero-order valence-corrected chi connectivity index (χ0v) is 22.6. The smallest absolute Gasteiger partial charge is 0.326 e. The predicted octanol–water partition coefficient (Wildman–Crippen LogP) is 5.29. The van der Waals surface area contributed by atoms with Crippen LogP contribution in [0.4, 0.5) is 8.78 Å². The van der Waals surface area contributed by atoms with Crippen molar-refractivity contribution >= 4 is 22.6 Å². The van der Waals surface area contributed by atoms with Gasteiger partial charge >= 0.3 is 5.97 Å². The van der Waals surface area contributed by atoms with Crippen molar-refractivity contribution in [3.63, 3.8) is 0 Å². The van der Waals surface area contributed by atoms with Gasteiger partial charge < -0.3 is 24.8 Å². The topological polar surface area (TPSA) is 88.1 Å². The molecule has 0 bridgehead atoms. The van der Waals surface area contributed by atoms with Crippen molar-refractivity contribution < 1.29 is 33.0 Å². The van der Waals surface area contributed by atoms with Crippen molar-refractivity contribution in [1.82, 2.24) is 10.2 Å². The normalized spacial score (nSPS) is 11.9. The van der Waals surface area contributed by atoms with Crippen LogP contribution in [-0.2, 0) is 17.8 Å². The number of nitrogens with one attached hydrogen (secondary N) is 1. The van der Waals surface area contributed by atoms with E-state index >= 15 is 0 Å². The quantitative estimate of drug-likeness (QED) is 0.280. The van der Waals surface area contributed by atoms with E-state index < -0.39 is 35.1 Å². The van der Waals surface area contributed by atoms with Crippen molar-refractivity contribution in [1.29, 1.82) is 0 Å². The molecule has 1 amide bonds. The van der Waals surface area contributed by atoms with E-state index in [1.54, 1.807) is 26.4 Å². The van der Waals surface area contributed by atoms with Gasteiger partial charge in [-0.05, 0) is 54.2 Å². The second-order valence-corrected chi connectivity index (χ2v) is 9.56. The summed E-state index contributed by atoms with van der Waals surface area (Å²) in [6.45, 7) is 0.638. The van der Waals surface area contributed by atoms with Gasteiger partial charge in [-0.1, -0.05) is 48.5 Å². The van der Waals surface area contributed by atoms with Gasteiger partial charge in [-0.25, -0.2) is 13.6 Å². The lowest BCUT2D eigenvalue weighted by molar-refractivity contribution is -0.139. The number of amides is 1. The van der Waals surface area contributed by atoms with Gasteiger partial charge in [0.1, 0.15) is 34.7 Å². The van der Waals surface area contributed by atoms with Crippen molar-refractivity contribution in [2.45, 2.75) is 19.0 Å². The number of benzene rings is 4. The van der Waals surface area contributed by atoms with E-state index in [4.69, 9.17) is 9.47 Å². The molecular formula is C31H30F2N2O5. The third kappa shape index (κ3) is 5.74. The monoisotopic (exact) mass is 548 g/mol. The average molecular weight is 549 g/mol. The first-order valence-electron chi connectivity index (χ1n) is 12.5. The summed E-state index contributed by atoms with van der Waals surface area (Å²) in [4.78, 5) is 26.8. The Hall–Kier alpha value is -4.50. The van der Waals surface area contributed by atoms with E-state index in [9.17, 15) is 23.5 Å². The largest absolute Gasteiger partial charge is 0.496 e. The van der Waals surface area contributed by atoms with Crippen molar-refractivity contribution in [2.75, 3.05) is 28.3 Å². The summed E-state index contributed by atoms with van der Waals surface area (Å²) in [5.41, 5.74) is 2.34. The lowest BCUT2D eigenvalue weighted by Gasteiger charge is -2.21. The molecule has 0 aliphatic rings. The molecule has 208 valence electrons. The van der Waals surface area contributed by atoms with Crippen molar-refractivity contribution in [3.05, 3.63) is 95.1 Å². The Balaban J connectivity index is 1.78. The fourth-order valence-electron chi connectivity index (χ4n) is 4.87. The van der Waals surface area contributed by atoms with E-state index in [0.29, 0.717) is 23.6 Å². The number of halogens is 2. The van der Waals surface area contributed by atoms with E-state index in [1.165, 1.54) is 0 Å². The molecular weight excluding hydrogens is 518 g/mol. The summed E-state index contributed by atoms with van der Waals surface area (Å²) in [6.07, 6.45) is -0.118. The lowest BCUT2D eigenvalue weighted by Crippen LogP contribution is -2.43. The Morgan fingerprint density at radius 3 is 2.15 bits per heavy atom.